The van der Waals surface area contributed by atoms with Gasteiger partial charge in [-0.25, -0.2) is 0 Å². The smallest absolute Gasteiger partial charge is 0.164 e. The first-order valence-corrected chi connectivity index (χ1v) is 5.67. The molecule has 0 amide bonds. The molecule has 1 N–H and O–H groups in total. The van der Waals surface area contributed by atoms with E-state index in [9.17, 15) is 5.11 Å². The van der Waals surface area contributed by atoms with Crippen molar-refractivity contribution in [2.75, 3.05) is 6.61 Å². The summed E-state index contributed by atoms with van der Waals surface area (Å²) in [5.41, 5.74) is 0.477. The molecular weight excluding hydrogens is 232 g/mol. The van der Waals surface area contributed by atoms with Gasteiger partial charge >= 0.3 is 0 Å². The van der Waals surface area contributed by atoms with Gasteiger partial charge in [0.25, 0.3) is 0 Å². The highest BCUT2D eigenvalue weighted by Crippen LogP contribution is 2.33. The molecule has 1 aromatic carbocycles. The van der Waals surface area contributed by atoms with Crippen LogP contribution in [0.4, 0.5) is 0 Å². The molecule has 0 bridgehead atoms. The first-order chi connectivity index (χ1) is 8.84. The summed E-state index contributed by atoms with van der Waals surface area (Å²) in [4.78, 5) is 7.99. The van der Waals surface area contributed by atoms with Crippen LogP contribution in [0, 0.1) is 0 Å². The van der Waals surface area contributed by atoms with Gasteiger partial charge in [0.15, 0.2) is 17.6 Å². The van der Waals surface area contributed by atoms with Gasteiger partial charge in [-0.1, -0.05) is 12.1 Å². The Hall–Kier alpha value is -2.14. The Morgan fingerprint density at radius 2 is 2.06 bits per heavy atom. The number of benzene rings is 1. The van der Waals surface area contributed by atoms with Crippen molar-refractivity contribution in [1.82, 2.24) is 9.97 Å². The molecule has 1 aliphatic rings. The average molecular weight is 244 g/mol. The van der Waals surface area contributed by atoms with Gasteiger partial charge in [-0.15, -0.1) is 0 Å². The molecular formula is C13H12N2O3. The number of aromatic nitrogens is 2. The highest BCUT2D eigenvalue weighted by Gasteiger charge is 2.29. The van der Waals surface area contributed by atoms with Crippen LogP contribution in [0.3, 0.4) is 0 Å². The van der Waals surface area contributed by atoms with Crippen LogP contribution in [-0.2, 0) is 0 Å². The number of nitrogens with zero attached hydrogens (tertiary/aromatic N) is 2. The monoisotopic (exact) mass is 244 g/mol. The van der Waals surface area contributed by atoms with Crippen molar-refractivity contribution >= 4 is 0 Å². The summed E-state index contributed by atoms with van der Waals surface area (Å²) in [6, 6.07) is 7.38. The summed E-state index contributed by atoms with van der Waals surface area (Å²) in [6.07, 6.45) is 3.29. The predicted octanol–water partition coefficient (Wildman–Crippen LogP) is 1.35. The van der Waals surface area contributed by atoms with E-state index in [1.54, 1.807) is 6.20 Å². The lowest BCUT2D eigenvalue weighted by Gasteiger charge is -2.29. The van der Waals surface area contributed by atoms with E-state index >= 15 is 0 Å². The van der Waals surface area contributed by atoms with Crippen LogP contribution in [0.15, 0.2) is 42.9 Å². The zero-order valence-corrected chi connectivity index (χ0v) is 9.56. The second kappa shape index (κ2) is 4.62. The van der Waals surface area contributed by atoms with Gasteiger partial charge in [0.05, 0.1) is 11.9 Å². The van der Waals surface area contributed by atoms with Gasteiger partial charge < -0.3 is 14.6 Å². The van der Waals surface area contributed by atoms with Crippen molar-refractivity contribution < 1.29 is 14.6 Å². The zero-order valence-electron chi connectivity index (χ0n) is 9.56. The molecule has 5 heteroatoms. The number of aliphatic hydroxyl groups is 1. The lowest BCUT2D eigenvalue weighted by atomic mass is 10.1. The van der Waals surface area contributed by atoms with E-state index in [-0.39, 0.29) is 6.61 Å². The highest BCUT2D eigenvalue weighted by atomic mass is 16.6. The van der Waals surface area contributed by atoms with E-state index < -0.39 is 12.2 Å². The number of aliphatic hydroxyl groups excluding tert-OH is 1. The van der Waals surface area contributed by atoms with Crippen LogP contribution in [0.1, 0.15) is 11.8 Å². The molecule has 3 rings (SSSR count). The van der Waals surface area contributed by atoms with Crippen molar-refractivity contribution in [3.05, 3.63) is 48.5 Å². The molecule has 0 fully saturated rings. The van der Waals surface area contributed by atoms with Crippen LogP contribution < -0.4 is 9.47 Å². The molecule has 0 aliphatic carbocycles. The summed E-state index contributed by atoms with van der Waals surface area (Å²) in [7, 11) is 0. The third kappa shape index (κ3) is 2.00. The van der Waals surface area contributed by atoms with Crippen molar-refractivity contribution in [3.8, 4) is 11.5 Å². The van der Waals surface area contributed by atoms with Crippen LogP contribution in [0.2, 0.25) is 0 Å². The number of para-hydroxylation sites is 2. The van der Waals surface area contributed by atoms with E-state index in [1.807, 2.05) is 24.3 Å². The maximum Gasteiger partial charge on any atom is 0.164 e. The minimum absolute atomic E-state index is 0.286. The molecule has 0 saturated carbocycles. The summed E-state index contributed by atoms with van der Waals surface area (Å²) in [5, 5.41) is 10.2. The molecule has 92 valence electrons. The third-order valence-electron chi connectivity index (χ3n) is 2.77. The lowest BCUT2D eigenvalue weighted by Crippen LogP contribution is -2.35. The normalized spacial score (nSPS) is 19.3. The molecule has 2 atom stereocenters. The first kappa shape index (κ1) is 11.0. The topological polar surface area (TPSA) is 64.5 Å². The average Bonchev–Trinajstić information content (AvgIpc) is 2.47. The summed E-state index contributed by atoms with van der Waals surface area (Å²) in [5.74, 6) is 1.33. The van der Waals surface area contributed by atoms with Gasteiger partial charge in [-0.05, 0) is 12.1 Å². The summed E-state index contributed by atoms with van der Waals surface area (Å²) >= 11 is 0. The Labute approximate surface area is 104 Å². The number of hydrogen-bond donors (Lipinski definition) is 1. The van der Waals surface area contributed by atoms with Gasteiger partial charge in [-0.2, -0.15) is 0 Å². The molecule has 5 nitrogen and oxygen atoms in total. The molecule has 1 aliphatic heterocycles. The van der Waals surface area contributed by atoms with Crippen molar-refractivity contribution in [2.24, 2.45) is 0 Å². The maximum absolute atomic E-state index is 10.2. The fourth-order valence-electron chi connectivity index (χ4n) is 1.85. The van der Waals surface area contributed by atoms with Crippen molar-refractivity contribution in [1.29, 1.82) is 0 Å². The van der Waals surface area contributed by atoms with Gasteiger partial charge in [0.2, 0.25) is 0 Å². The molecule has 1 aromatic heterocycles. The third-order valence-corrected chi connectivity index (χ3v) is 2.77. The van der Waals surface area contributed by atoms with Gasteiger partial charge in [0, 0.05) is 12.4 Å². The van der Waals surface area contributed by atoms with Crippen molar-refractivity contribution in [3.63, 3.8) is 0 Å². The van der Waals surface area contributed by atoms with Gasteiger partial charge in [0.1, 0.15) is 12.7 Å². The number of fused-ring (bicyclic) bond motifs is 1. The molecule has 0 saturated heterocycles. The summed E-state index contributed by atoms with van der Waals surface area (Å²) < 4.78 is 11.3. The largest absolute Gasteiger partial charge is 0.486 e. The SMILES string of the molecule is OC(c1cnccn1)C1COc2ccccc2O1. The number of ether oxygens (including phenoxy) is 2. The zero-order chi connectivity index (χ0) is 12.4. The number of hydrogen-bond acceptors (Lipinski definition) is 5. The Bertz CT molecular complexity index is 533. The number of rotatable bonds is 2. The van der Waals surface area contributed by atoms with Crippen LogP contribution in [0.5, 0.6) is 11.5 Å². The quantitative estimate of drug-likeness (QED) is 0.863. The minimum atomic E-state index is -0.855. The lowest BCUT2D eigenvalue weighted by molar-refractivity contribution is -0.0134. The predicted molar refractivity (Wildman–Crippen MR) is 63.3 cm³/mol. The highest BCUT2D eigenvalue weighted by molar-refractivity contribution is 5.40. The van der Waals surface area contributed by atoms with E-state index in [1.165, 1.54) is 12.4 Å². The summed E-state index contributed by atoms with van der Waals surface area (Å²) in [6.45, 7) is 0.286. The fourth-order valence-corrected chi connectivity index (χ4v) is 1.85. The Morgan fingerprint density at radius 1 is 1.22 bits per heavy atom. The maximum atomic E-state index is 10.2. The van der Waals surface area contributed by atoms with Crippen LogP contribution in [-0.4, -0.2) is 27.8 Å². The van der Waals surface area contributed by atoms with Crippen LogP contribution in [0.25, 0.3) is 0 Å². The second-order valence-corrected chi connectivity index (χ2v) is 3.99. The molecule has 2 heterocycles. The fraction of sp³-hybridized carbons (Fsp3) is 0.231. The molecule has 0 radical (unpaired) electrons. The van der Waals surface area contributed by atoms with E-state index in [2.05, 4.69) is 9.97 Å². The van der Waals surface area contributed by atoms with Crippen LogP contribution >= 0.6 is 0 Å². The molecule has 2 unspecified atom stereocenters. The Balaban J connectivity index is 1.80. The standard InChI is InChI=1S/C13H12N2O3/c16-13(9-7-14-5-6-15-9)12-8-17-10-3-1-2-4-11(10)18-12/h1-7,12-13,16H,8H2. The Morgan fingerprint density at radius 3 is 2.83 bits per heavy atom. The molecule has 0 spiro atoms. The molecule has 18 heavy (non-hydrogen) atoms. The minimum Gasteiger partial charge on any atom is -0.486 e. The van der Waals surface area contributed by atoms with Gasteiger partial charge in [-0.3, -0.25) is 9.97 Å². The van der Waals surface area contributed by atoms with E-state index in [0.29, 0.717) is 17.2 Å². The second-order valence-electron chi connectivity index (χ2n) is 3.99. The van der Waals surface area contributed by atoms with Crippen molar-refractivity contribution in [2.45, 2.75) is 12.2 Å². The Kier molecular flexibility index (Phi) is 2.82. The first-order valence-electron chi connectivity index (χ1n) is 5.67. The van der Waals surface area contributed by atoms with E-state index in [4.69, 9.17) is 9.47 Å². The molecule has 2 aromatic rings. The van der Waals surface area contributed by atoms with E-state index in [0.717, 1.165) is 0 Å².